The van der Waals surface area contributed by atoms with Crippen molar-refractivity contribution in [3.8, 4) is 0 Å². The number of fused-ring (bicyclic) bond motifs is 2. The molecular weight excluding hydrogens is 444 g/mol. The van der Waals surface area contributed by atoms with E-state index < -0.39 is 12.3 Å². The molecule has 0 saturated heterocycles. The van der Waals surface area contributed by atoms with Crippen molar-refractivity contribution < 1.29 is 28.3 Å². The molecule has 4 rings (SSSR count). The van der Waals surface area contributed by atoms with Crippen molar-refractivity contribution in [2.45, 2.75) is 59.0 Å². The maximum Gasteiger partial charge on any atom is 0.508 e. The second-order valence-corrected chi connectivity index (χ2v) is 10.5. The minimum Gasteiger partial charge on any atom is -0.452 e. The van der Waals surface area contributed by atoms with Gasteiger partial charge in [-0.25, -0.2) is 4.79 Å². The Hall–Kier alpha value is -3.41. The highest BCUT2D eigenvalue weighted by atomic mass is 16.7. The first kappa shape index (κ1) is 24.7. The van der Waals surface area contributed by atoms with E-state index in [0.29, 0.717) is 58.0 Å². The van der Waals surface area contributed by atoms with Gasteiger partial charge in [0.2, 0.25) is 5.78 Å². The number of Topliss-reactive ketones (excluding diaryl/α,β-unsaturated/α-hetero) is 1. The lowest BCUT2D eigenvalue weighted by Gasteiger charge is -2.18. The summed E-state index contributed by atoms with van der Waals surface area (Å²) in [7, 11) is 0. The highest BCUT2D eigenvalue weighted by Crippen LogP contribution is 2.41. The van der Waals surface area contributed by atoms with Gasteiger partial charge in [-0.15, -0.1) is 0 Å². The van der Waals surface area contributed by atoms with Gasteiger partial charge in [-0.1, -0.05) is 56.8 Å². The molecule has 0 bridgehead atoms. The average molecular weight is 477 g/mol. The summed E-state index contributed by atoms with van der Waals surface area (Å²) in [6.07, 6.45) is 2.37. The van der Waals surface area contributed by atoms with Crippen molar-refractivity contribution in [2.24, 2.45) is 11.3 Å². The van der Waals surface area contributed by atoms with Crippen molar-refractivity contribution in [1.29, 1.82) is 0 Å². The molecule has 0 aliphatic heterocycles. The molecule has 35 heavy (non-hydrogen) atoms. The van der Waals surface area contributed by atoms with E-state index in [1.165, 1.54) is 6.07 Å². The highest BCUT2D eigenvalue weighted by Gasteiger charge is 2.32. The first-order valence-corrected chi connectivity index (χ1v) is 12.0. The van der Waals surface area contributed by atoms with Crippen LogP contribution in [0.5, 0.6) is 0 Å². The first-order chi connectivity index (χ1) is 16.5. The smallest absolute Gasteiger partial charge is 0.452 e. The molecule has 184 valence electrons. The van der Waals surface area contributed by atoms with Crippen molar-refractivity contribution in [2.75, 3.05) is 6.61 Å². The normalized spacial score (nSPS) is 19.0. The number of furan rings is 1. The van der Waals surface area contributed by atoms with Gasteiger partial charge in [0.1, 0.15) is 11.9 Å². The maximum atomic E-state index is 12.8. The van der Waals surface area contributed by atoms with E-state index in [2.05, 4.69) is 27.0 Å². The Balaban J connectivity index is 1.28. The van der Waals surface area contributed by atoms with E-state index in [-0.39, 0.29) is 23.7 Å². The zero-order chi connectivity index (χ0) is 25.3. The summed E-state index contributed by atoms with van der Waals surface area (Å²) in [5, 5.41) is 0. The first-order valence-electron chi connectivity index (χ1n) is 12.0. The lowest BCUT2D eigenvalue weighted by Crippen LogP contribution is -2.20. The molecule has 2 aliphatic rings. The molecule has 1 fully saturated rings. The van der Waals surface area contributed by atoms with Crippen LogP contribution in [0.2, 0.25) is 0 Å². The average Bonchev–Trinajstić information content (AvgIpc) is 3.39. The molecule has 1 saturated carbocycles. The summed E-state index contributed by atoms with van der Waals surface area (Å²) in [4.78, 5) is 37.7. The van der Waals surface area contributed by atoms with E-state index in [0.717, 1.165) is 19.3 Å². The van der Waals surface area contributed by atoms with E-state index in [1.54, 1.807) is 19.1 Å². The SMILES string of the molecule is C=C(CC(=O)c1cc2c(o1)C(=C)c1ccccc1C2=O)CC(C)OC(=O)OC[C@@H]1CCC(C)(C)C1. The Morgan fingerprint density at radius 2 is 1.91 bits per heavy atom. The predicted octanol–water partition coefficient (Wildman–Crippen LogP) is 6.77. The molecule has 1 heterocycles. The summed E-state index contributed by atoms with van der Waals surface area (Å²) >= 11 is 0. The summed E-state index contributed by atoms with van der Waals surface area (Å²) in [5.41, 5.74) is 3.06. The van der Waals surface area contributed by atoms with Gasteiger partial charge in [0, 0.05) is 24.0 Å². The van der Waals surface area contributed by atoms with Crippen LogP contribution in [0, 0.1) is 11.3 Å². The zero-order valence-corrected chi connectivity index (χ0v) is 20.6. The number of ether oxygens (including phenoxy) is 2. The quantitative estimate of drug-likeness (QED) is 0.203. The van der Waals surface area contributed by atoms with E-state index >= 15 is 0 Å². The fourth-order valence-electron chi connectivity index (χ4n) is 5.07. The zero-order valence-electron chi connectivity index (χ0n) is 20.6. The molecule has 0 radical (unpaired) electrons. The predicted molar refractivity (Wildman–Crippen MR) is 132 cm³/mol. The van der Waals surface area contributed by atoms with Crippen LogP contribution in [0.25, 0.3) is 5.57 Å². The van der Waals surface area contributed by atoms with Gasteiger partial charge < -0.3 is 13.9 Å². The number of rotatable bonds is 8. The lowest BCUT2D eigenvalue weighted by atomic mass is 9.86. The monoisotopic (exact) mass is 476 g/mol. The Morgan fingerprint density at radius 3 is 2.60 bits per heavy atom. The number of benzene rings is 1. The van der Waals surface area contributed by atoms with Gasteiger partial charge in [-0.3, -0.25) is 9.59 Å². The van der Waals surface area contributed by atoms with Gasteiger partial charge in [0.25, 0.3) is 0 Å². The summed E-state index contributed by atoms with van der Waals surface area (Å²) < 4.78 is 16.4. The number of carbonyl (C=O) groups excluding carboxylic acids is 3. The van der Waals surface area contributed by atoms with Crippen LogP contribution >= 0.6 is 0 Å². The summed E-state index contributed by atoms with van der Waals surface area (Å²) in [5.74, 6) is 0.299. The highest BCUT2D eigenvalue weighted by molar-refractivity contribution is 6.18. The van der Waals surface area contributed by atoms with Crippen molar-refractivity contribution in [3.05, 3.63) is 77.3 Å². The molecule has 6 nitrogen and oxygen atoms in total. The van der Waals surface area contributed by atoms with Crippen LogP contribution in [-0.2, 0) is 9.47 Å². The molecular formula is C29H32O6. The number of hydrogen-bond donors (Lipinski definition) is 0. The third kappa shape index (κ3) is 5.47. The Labute approximate surface area is 206 Å². The fourth-order valence-corrected chi connectivity index (χ4v) is 5.07. The number of hydrogen-bond acceptors (Lipinski definition) is 6. The van der Waals surface area contributed by atoms with Gasteiger partial charge in [-0.05, 0) is 49.1 Å². The van der Waals surface area contributed by atoms with Crippen molar-refractivity contribution in [1.82, 2.24) is 0 Å². The number of carbonyl (C=O) groups is 3. The van der Waals surface area contributed by atoms with Gasteiger partial charge >= 0.3 is 6.16 Å². The molecule has 1 aromatic heterocycles. The van der Waals surface area contributed by atoms with Gasteiger partial charge in [0.05, 0.1) is 12.2 Å². The minimum atomic E-state index is -0.698. The molecule has 6 heteroatoms. The van der Waals surface area contributed by atoms with Crippen LogP contribution in [0.4, 0.5) is 4.79 Å². The van der Waals surface area contributed by atoms with E-state index in [1.807, 2.05) is 12.1 Å². The lowest BCUT2D eigenvalue weighted by molar-refractivity contribution is 0.0203. The minimum absolute atomic E-state index is 0.0138. The van der Waals surface area contributed by atoms with Gasteiger partial charge in [-0.2, -0.15) is 0 Å². The molecule has 1 aromatic carbocycles. The fraction of sp³-hybridized carbons (Fsp3) is 0.414. The van der Waals surface area contributed by atoms with Crippen molar-refractivity contribution in [3.63, 3.8) is 0 Å². The van der Waals surface area contributed by atoms with Crippen molar-refractivity contribution >= 4 is 23.3 Å². The molecule has 0 N–H and O–H groups in total. The Morgan fingerprint density at radius 1 is 1.20 bits per heavy atom. The van der Waals surface area contributed by atoms with Crippen LogP contribution < -0.4 is 0 Å². The summed E-state index contributed by atoms with van der Waals surface area (Å²) in [6.45, 7) is 14.6. The Kier molecular flexibility index (Phi) is 6.84. The second-order valence-electron chi connectivity index (χ2n) is 10.5. The molecule has 2 aromatic rings. The van der Waals surface area contributed by atoms with Crippen LogP contribution in [0.15, 0.2) is 53.5 Å². The van der Waals surface area contributed by atoms with Crippen LogP contribution in [0.3, 0.4) is 0 Å². The van der Waals surface area contributed by atoms with Crippen LogP contribution in [-0.4, -0.2) is 30.4 Å². The molecule has 1 unspecified atom stereocenters. The molecule has 2 atom stereocenters. The maximum absolute atomic E-state index is 12.8. The molecule has 0 spiro atoms. The standard InChI is InChI=1S/C29H32O6/c1-17(12-18(2)34-28(32)33-16-20-10-11-29(4,5)15-20)13-24(30)25-14-23-26(31)22-9-7-6-8-21(22)19(3)27(23)35-25/h6-9,14,18,20H,1,3,10-13,15-16H2,2,4-5H3/t18?,20-/m1/s1. The van der Waals surface area contributed by atoms with E-state index in [4.69, 9.17) is 13.9 Å². The number of ketones is 2. The Bertz CT molecular complexity index is 1150. The van der Waals surface area contributed by atoms with E-state index in [9.17, 15) is 14.4 Å². The topological polar surface area (TPSA) is 82.8 Å². The molecule has 2 aliphatic carbocycles. The van der Waals surface area contributed by atoms with Crippen LogP contribution in [0.1, 0.15) is 90.7 Å². The summed E-state index contributed by atoms with van der Waals surface area (Å²) in [6, 6.07) is 8.65. The largest absolute Gasteiger partial charge is 0.508 e. The third-order valence-corrected chi connectivity index (χ3v) is 6.81. The van der Waals surface area contributed by atoms with Gasteiger partial charge in [0.15, 0.2) is 11.5 Å². The molecule has 0 amide bonds. The second kappa shape index (κ2) is 9.68. The third-order valence-electron chi connectivity index (χ3n) is 6.81.